The Morgan fingerprint density at radius 2 is 1.97 bits per heavy atom. The first-order valence-electron chi connectivity index (χ1n) is 9.75. The largest absolute Gasteiger partial charge is 0.488 e. The third-order valence-corrected chi connectivity index (χ3v) is 4.12. The Balaban J connectivity index is 0.00000265. The molecule has 1 aromatic heterocycles. The van der Waals surface area contributed by atoms with Crippen molar-refractivity contribution in [3.05, 3.63) is 65.0 Å². The Kier molecular flexibility index (Phi) is 10.9. The number of ether oxygens (including phenoxy) is 1. The van der Waals surface area contributed by atoms with Gasteiger partial charge in [-0.05, 0) is 37.1 Å². The number of aldehydes is 1. The van der Waals surface area contributed by atoms with Crippen LogP contribution < -0.4 is 10.5 Å². The van der Waals surface area contributed by atoms with Gasteiger partial charge < -0.3 is 15.6 Å². The normalized spacial score (nSPS) is 12.1. The summed E-state index contributed by atoms with van der Waals surface area (Å²) in [7, 11) is 1.00. The molecule has 0 spiro atoms. The predicted octanol–water partition coefficient (Wildman–Crippen LogP) is 5.24. The summed E-state index contributed by atoms with van der Waals surface area (Å²) in [6.07, 6.45) is 2.83. The van der Waals surface area contributed by atoms with Gasteiger partial charge in [-0.1, -0.05) is 25.2 Å². The Morgan fingerprint density at radius 1 is 1.27 bits per heavy atom. The van der Waals surface area contributed by atoms with Crippen molar-refractivity contribution >= 4 is 18.4 Å². The molecule has 0 saturated heterocycles. The molecule has 2 aromatic rings. The summed E-state index contributed by atoms with van der Waals surface area (Å²) in [5.74, 6) is -1.47. The second-order valence-electron chi connectivity index (χ2n) is 6.31. The van der Waals surface area contributed by atoms with E-state index in [0.29, 0.717) is 18.4 Å². The van der Waals surface area contributed by atoms with Gasteiger partial charge in [-0.3, -0.25) is 4.79 Å². The molecule has 0 saturated carbocycles. The van der Waals surface area contributed by atoms with E-state index in [0.717, 1.165) is 31.5 Å². The SMILES string of the molecule is C/C=C\C(=C/CC)COc1cc(-c2ccc(F)c(C(F)(F)F)c2)nc(/N=C\N)c1C=O.CO. The van der Waals surface area contributed by atoms with Gasteiger partial charge in [0.1, 0.15) is 23.7 Å². The first kappa shape index (κ1) is 27.5. The number of halogens is 4. The number of carbonyl (C=O) groups excluding carboxylic acids is 1. The minimum Gasteiger partial charge on any atom is -0.488 e. The van der Waals surface area contributed by atoms with Crippen LogP contribution in [0.25, 0.3) is 11.3 Å². The van der Waals surface area contributed by atoms with Crippen LogP contribution in [0, 0.1) is 5.82 Å². The number of alkyl halides is 3. The Hall–Kier alpha value is -3.53. The molecule has 0 amide bonds. The molecule has 0 unspecified atom stereocenters. The Labute approximate surface area is 189 Å². The molecule has 0 bridgehead atoms. The van der Waals surface area contributed by atoms with Gasteiger partial charge in [-0.15, -0.1) is 0 Å². The maximum atomic E-state index is 13.7. The number of allylic oxidation sites excluding steroid dienone is 2. The van der Waals surface area contributed by atoms with Crippen molar-refractivity contribution in [2.75, 3.05) is 13.7 Å². The standard InChI is InChI=1S/C22H21F4N3O2.CH4O/c1-3-5-14(6-4-2)12-31-20-10-19(29-21(28-13-27)16(20)11-30)15-7-8-18(23)17(9-15)22(24,25)26;1-2/h3,5-11,13H,4,12H2,1-2H3,(H2,27,28,29);2H,1H3/b5-3-,14-6+;. The van der Waals surface area contributed by atoms with Crippen LogP contribution in [0.5, 0.6) is 5.75 Å². The van der Waals surface area contributed by atoms with E-state index in [9.17, 15) is 22.4 Å². The molecule has 0 atom stereocenters. The third kappa shape index (κ3) is 7.53. The van der Waals surface area contributed by atoms with Gasteiger partial charge in [0.15, 0.2) is 12.1 Å². The zero-order valence-electron chi connectivity index (χ0n) is 18.4. The van der Waals surface area contributed by atoms with Crippen molar-refractivity contribution in [1.82, 2.24) is 4.98 Å². The number of nitrogens with zero attached hydrogens (tertiary/aromatic N) is 2. The highest BCUT2D eigenvalue weighted by atomic mass is 19.4. The minimum absolute atomic E-state index is 0.0127. The summed E-state index contributed by atoms with van der Waals surface area (Å²) in [5.41, 5.74) is 4.70. The summed E-state index contributed by atoms with van der Waals surface area (Å²) < 4.78 is 58.8. The predicted molar refractivity (Wildman–Crippen MR) is 119 cm³/mol. The first-order chi connectivity index (χ1) is 15.7. The third-order valence-electron chi connectivity index (χ3n) is 4.12. The van der Waals surface area contributed by atoms with Crippen LogP contribution in [0.4, 0.5) is 23.4 Å². The second-order valence-corrected chi connectivity index (χ2v) is 6.31. The highest BCUT2D eigenvalue weighted by Gasteiger charge is 2.34. The summed E-state index contributed by atoms with van der Waals surface area (Å²) in [4.78, 5) is 19.6. The number of aromatic nitrogens is 1. The van der Waals surface area contributed by atoms with Crippen LogP contribution in [0.3, 0.4) is 0 Å². The quantitative estimate of drug-likeness (QED) is 0.182. The van der Waals surface area contributed by atoms with Gasteiger partial charge in [0.25, 0.3) is 0 Å². The Morgan fingerprint density at radius 3 is 2.52 bits per heavy atom. The van der Waals surface area contributed by atoms with E-state index in [2.05, 4.69) is 9.98 Å². The van der Waals surface area contributed by atoms with Gasteiger partial charge in [0.2, 0.25) is 0 Å². The molecule has 2 rings (SSSR count). The van der Waals surface area contributed by atoms with Gasteiger partial charge in [-0.2, -0.15) is 13.2 Å². The molecule has 10 heteroatoms. The van der Waals surface area contributed by atoms with Gasteiger partial charge >= 0.3 is 6.18 Å². The lowest BCUT2D eigenvalue weighted by Gasteiger charge is -2.14. The minimum atomic E-state index is -4.88. The molecule has 0 fully saturated rings. The fraction of sp³-hybridized carbons (Fsp3) is 0.261. The number of rotatable bonds is 8. The summed E-state index contributed by atoms with van der Waals surface area (Å²) in [6.45, 7) is 3.89. The van der Waals surface area contributed by atoms with Crippen LogP contribution in [0.1, 0.15) is 36.2 Å². The number of carbonyl (C=O) groups is 1. The van der Waals surface area contributed by atoms with E-state index in [-0.39, 0.29) is 35.0 Å². The van der Waals surface area contributed by atoms with Crippen molar-refractivity contribution < 1.29 is 32.2 Å². The van der Waals surface area contributed by atoms with Gasteiger partial charge in [0, 0.05) is 18.7 Å². The zero-order chi connectivity index (χ0) is 25.0. The molecule has 3 N–H and O–H groups in total. The van der Waals surface area contributed by atoms with E-state index in [1.165, 1.54) is 6.07 Å². The highest BCUT2D eigenvalue weighted by Crippen LogP contribution is 2.36. The second kappa shape index (κ2) is 13.1. The van der Waals surface area contributed by atoms with Crippen molar-refractivity contribution in [1.29, 1.82) is 0 Å². The maximum Gasteiger partial charge on any atom is 0.419 e. The number of aliphatic imine (C=N–C) groups is 1. The van der Waals surface area contributed by atoms with Crippen LogP contribution in [-0.2, 0) is 6.18 Å². The molecule has 178 valence electrons. The fourth-order valence-electron chi connectivity index (χ4n) is 2.78. The van der Waals surface area contributed by atoms with Crippen molar-refractivity contribution in [2.24, 2.45) is 10.7 Å². The average molecular weight is 467 g/mol. The summed E-state index contributed by atoms with van der Waals surface area (Å²) in [5, 5.41) is 7.00. The monoisotopic (exact) mass is 467 g/mol. The van der Waals surface area contributed by atoms with E-state index in [1.807, 2.05) is 32.1 Å². The van der Waals surface area contributed by atoms with Crippen molar-refractivity contribution in [2.45, 2.75) is 26.4 Å². The molecule has 6 nitrogen and oxygen atoms in total. The van der Waals surface area contributed by atoms with E-state index in [1.54, 1.807) is 0 Å². The van der Waals surface area contributed by atoms with Gasteiger partial charge in [0.05, 0.1) is 17.6 Å². The number of pyridine rings is 1. The molecule has 1 heterocycles. The molecule has 0 aliphatic heterocycles. The van der Waals surface area contributed by atoms with Crippen molar-refractivity contribution in [3.8, 4) is 17.0 Å². The Bertz CT molecular complexity index is 1030. The molecule has 1 aromatic carbocycles. The number of aliphatic hydroxyl groups is 1. The van der Waals surface area contributed by atoms with Crippen LogP contribution >= 0.6 is 0 Å². The lowest BCUT2D eigenvalue weighted by atomic mass is 10.1. The van der Waals surface area contributed by atoms with Crippen molar-refractivity contribution in [3.63, 3.8) is 0 Å². The number of nitrogens with two attached hydrogens (primary N) is 1. The summed E-state index contributed by atoms with van der Waals surface area (Å²) >= 11 is 0. The van der Waals surface area contributed by atoms with E-state index in [4.69, 9.17) is 15.6 Å². The number of benzene rings is 1. The average Bonchev–Trinajstić information content (AvgIpc) is 2.78. The van der Waals surface area contributed by atoms with E-state index >= 15 is 0 Å². The van der Waals surface area contributed by atoms with Gasteiger partial charge in [-0.25, -0.2) is 14.4 Å². The summed E-state index contributed by atoms with van der Waals surface area (Å²) in [6, 6.07) is 3.80. The molecular formula is C23H25F4N3O3. The van der Waals surface area contributed by atoms with Crippen LogP contribution in [0.15, 0.2) is 53.1 Å². The highest BCUT2D eigenvalue weighted by molar-refractivity contribution is 5.88. The number of hydrogen-bond donors (Lipinski definition) is 2. The smallest absolute Gasteiger partial charge is 0.419 e. The molecule has 0 aliphatic rings. The number of hydrogen-bond acceptors (Lipinski definition) is 5. The zero-order valence-corrected chi connectivity index (χ0v) is 18.4. The topological polar surface area (TPSA) is 97.8 Å². The lowest BCUT2D eigenvalue weighted by molar-refractivity contribution is -0.139. The fourth-order valence-corrected chi connectivity index (χ4v) is 2.78. The molecular weight excluding hydrogens is 442 g/mol. The van der Waals surface area contributed by atoms with Crippen LogP contribution in [-0.4, -0.2) is 36.4 Å². The lowest BCUT2D eigenvalue weighted by Crippen LogP contribution is -2.08. The van der Waals surface area contributed by atoms with Crippen LogP contribution in [0.2, 0.25) is 0 Å². The molecule has 33 heavy (non-hydrogen) atoms. The molecule has 0 radical (unpaired) electrons. The maximum absolute atomic E-state index is 13.7. The molecule has 0 aliphatic carbocycles. The number of aliphatic hydroxyl groups excluding tert-OH is 1. The van der Waals surface area contributed by atoms with E-state index < -0.39 is 17.6 Å². The first-order valence-corrected chi connectivity index (χ1v) is 9.75.